The van der Waals surface area contributed by atoms with E-state index in [1.54, 1.807) is 5.57 Å². The van der Waals surface area contributed by atoms with Crippen LogP contribution in [0.25, 0.3) is 0 Å². The number of halogens is 3. The number of nitrogens with two attached hydrogens (primary N) is 1. The SMILES string of the molecule is CCCC(CC)C1CC=C(C(C(C)C)C2CC(C(=O)C(N)C3CCC(CC=C4CCCC(C)CCC4)C(C(F)(F)F)C3)CCC2C)C(C)CC1. The largest absolute Gasteiger partial charge is 0.392 e. The zero-order valence-electron chi connectivity index (χ0n) is 33.2. The molecule has 0 aromatic rings. The van der Waals surface area contributed by atoms with Gasteiger partial charge >= 0.3 is 6.18 Å². The highest BCUT2D eigenvalue weighted by Gasteiger charge is 2.49. The monoisotopic (exact) mass is 704 g/mol. The van der Waals surface area contributed by atoms with E-state index in [9.17, 15) is 18.0 Å². The maximum atomic E-state index is 14.6. The van der Waals surface area contributed by atoms with Crippen LogP contribution in [0, 0.1) is 71.0 Å². The zero-order valence-corrected chi connectivity index (χ0v) is 33.2. The van der Waals surface area contributed by atoms with Gasteiger partial charge in [-0.15, -0.1) is 0 Å². The van der Waals surface area contributed by atoms with E-state index in [0.29, 0.717) is 48.9 Å². The molecule has 288 valence electrons. The molecule has 11 atom stereocenters. The molecule has 50 heavy (non-hydrogen) atoms. The maximum Gasteiger partial charge on any atom is 0.392 e. The van der Waals surface area contributed by atoms with Gasteiger partial charge in [-0.1, -0.05) is 104 Å². The van der Waals surface area contributed by atoms with Crippen LogP contribution in [0.15, 0.2) is 23.3 Å². The van der Waals surface area contributed by atoms with Crippen LogP contribution in [0.1, 0.15) is 170 Å². The Hall–Kier alpha value is -1.10. The molecule has 11 unspecified atom stereocenters. The van der Waals surface area contributed by atoms with Crippen molar-refractivity contribution in [1.29, 1.82) is 0 Å². The number of rotatable bonds is 12. The number of hydrogen-bond acceptors (Lipinski definition) is 2. The van der Waals surface area contributed by atoms with Gasteiger partial charge in [-0.05, 0) is 149 Å². The second-order valence-corrected chi connectivity index (χ2v) is 18.5. The summed E-state index contributed by atoms with van der Waals surface area (Å²) in [5.74, 6) is 2.51. The van der Waals surface area contributed by atoms with Gasteiger partial charge in [0.25, 0.3) is 0 Å². The topological polar surface area (TPSA) is 43.1 Å². The van der Waals surface area contributed by atoms with Crippen molar-refractivity contribution in [2.24, 2.45) is 76.7 Å². The molecule has 0 saturated heterocycles. The van der Waals surface area contributed by atoms with Crippen molar-refractivity contribution in [3.8, 4) is 0 Å². The van der Waals surface area contributed by atoms with Gasteiger partial charge < -0.3 is 5.73 Å². The summed E-state index contributed by atoms with van der Waals surface area (Å²) in [4.78, 5) is 14.2. The van der Waals surface area contributed by atoms with Gasteiger partial charge in [0.05, 0.1) is 12.0 Å². The summed E-state index contributed by atoms with van der Waals surface area (Å²) in [6.07, 6.45) is 19.2. The molecule has 3 saturated carbocycles. The van der Waals surface area contributed by atoms with Gasteiger partial charge in [-0.3, -0.25) is 4.79 Å². The normalized spacial score (nSPS) is 35.3. The number of alkyl halides is 3. The Balaban J connectivity index is 1.43. The molecule has 5 heteroatoms. The molecule has 4 rings (SSSR count). The highest BCUT2D eigenvalue weighted by molar-refractivity contribution is 5.86. The number of hydrogen-bond donors (Lipinski definition) is 1. The third-order valence-electron chi connectivity index (χ3n) is 14.7. The summed E-state index contributed by atoms with van der Waals surface area (Å²) in [5.41, 5.74) is 9.74. The van der Waals surface area contributed by atoms with Crippen LogP contribution in [-0.4, -0.2) is 18.0 Å². The average Bonchev–Trinajstić information content (AvgIpc) is 3.25. The highest BCUT2D eigenvalue weighted by atomic mass is 19.4. The van der Waals surface area contributed by atoms with Crippen molar-refractivity contribution < 1.29 is 18.0 Å². The van der Waals surface area contributed by atoms with Crippen molar-refractivity contribution in [2.45, 2.75) is 183 Å². The minimum absolute atomic E-state index is 0.00524. The minimum atomic E-state index is -4.26. The fourth-order valence-electron chi connectivity index (χ4n) is 11.4. The van der Waals surface area contributed by atoms with Crippen LogP contribution < -0.4 is 5.73 Å². The van der Waals surface area contributed by atoms with Gasteiger partial charge in [0.15, 0.2) is 5.78 Å². The summed E-state index contributed by atoms with van der Waals surface area (Å²) < 4.78 is 43.7. The molecule has 4 aliphatic rings. The number of allylic oxidation sites excluding steroid dienone is 4. The summed E-state index contributed by atoms with van der Waals surface area (Å²) in [6, 6.07) is -0.787. The fraction of sp³-hybridized carbons (Fsp3) is 0.889. The van der Waals surface area contributed by atoms with Crippen LogP contribution in [-0.2, 0) is 4.79 Å². The van der Waals surface area contributed by atoms with Crippen molar-refractivity contribution >= 4 is 5.78 Å². The van der Waals surface area contributed by atoms with Gasteiger partial charge in [-0.2, -0.15) is 13.2 Å². The summed E-state index contributed by atoms with van der Waals surface area (Å²) >= 11 is 0. The van der Waals surface area contributed by atoms with Gasteiger partial charge in [0.1, 0.15) is 0 Å². The molecule has 0 aromatic heterocycles. The van der Waals surface area contributed by atoms with E-state index in [4.69, 9.17) is 5.73 Å². The van der Waals surface area contributed by atoms with E-state index < -0.39 is 24.1 Å². The number of carbonyl (C=O) groups is 1. The fourth-order valence-corrected chi connectivity index (χ4v) is 11.4. The van der Waals surface area contributed by atoms with Crippen LogP contribution >= 0.6 is 0 Å². The first-order valence-electron chi connectivity index (χ1n) is 21.5. The van der Waals surface area contributed by atoms with Crippen molar-refractivity contribution in [3.63, 3.8) is 0 Å². The third-order valence-corrected chi connectivity index (χ3v) is 14.7. The van der Waals surface area contributed by atoms with Gasteiger partial charge in [0, 0.05) is 5.92 Å². The Labute approximate surface area is 305 Å². The lowest BCUT2D eigenvalue weighted by atomic mass is 9.61. The van der Waals surface area contributed by atoms with Crippen LogP contribution in [0.2, 0.25) is 0 Å². The first kappa shape index (κ1) is 41.7. The van der Waals surface area contributed by atoms with Crippen molar-refractivity contribution in [3.05, 3.63) is 23.3 Å². The average molecular weight is 704 g/mol. The Morgan fingerprint density at radius 2 is 1.60 bits per heavy atom. The molecule has 3 fully saturated rings. The van der Waals surface area contributed by atoms with Crippen LogP contribution in [0.5, 0.6) is 0 Å². The van der Waals surface area contributed by atoms with E-state index >= 15 is 0 Å². The Bertz CT molecular complexity index is 1100. The maximum absolute atomic E-state index is 14.6. The zero-order chi connectivity index (χ0) is 36.6. The quantitative estimate of drug-likeness (QED) is 0.206. The molecule has 0 spiro atoms. The Morgan fingerprint density at radius 3 is 2.22 bits per heavy atom. The van der Waals surface area contributed by atoms with Crippen LogP contribution in [0.4, 0.5) is 13.2 Å². The molecule has 4 aliphatic carbocycles. The first-order chi connectivity index (χ1) is 23.7. The molecule has 0 radical (unpaired) electrons. The number of ketones is 1. The standard InChI is InChI=1S/C45H76F3NO/c1-8-12-34(9-2)35-20-17-31(6)39(26-25-35)42(29(3)4)40-27-38(21-18-32(40)7)44(50)43(49)37-24-23-36(41(28-37)45(46,47)48)22-19-33-15-10-13-30(5)14-11-16-33/h19,26,29-32,34-38,40-43H,8-18,20-25,27-28,49H2,1-7H3. The first-order valence-corrected chi connectivity index (χ1v) is 21.5. The highest BCUT2D eigenvalue weighted by Crippen LogP contribution is 2.50. The Morgan fingerprint density at radius 1 is 0.920 bits per heavy atom. The molecular weight excluding hydrogens is 627 g/mol. The predicted octanol–water partition coefficient (Wildman–Crippen LogP) is 13.3. The summed E-state index contributed by atoms with van der Waals surface area (Å²) in [6.45, 7) is 16.5. The number of carbonyl (C=O) groups excluding carboxylic acids is 1. The van der Waals surface area contributed by atoms with Crippen LogP contribution in [0.3, 0.4) is 0 Å². The Kier molecular flexibility index (Phi) is 16.1. The lowest BCUT2D eigenvalue weighted by molar-refractivity contribution is -0.201. The predicted molar refractivity (Wildman–Crippen MR) is 205 cm³/mol. The van der Waals surface area contributed by atoms with Gasteiger partial charge in [0.2, 0.25) is 0 Å². The smallest absolute Gasteiger partial charge is 0.321 e. The van der Waals surface area contributed by atoms with E-state index in [1.807, 2.05) is 0 Å². The molecule has 2 N–H and O–H groups in total. The molecule has 2 nitrogen and oxygen atoms in total. The third kappa shape index (κ3) is 11.0. The van der Waals surface area contributed by atoms with E-state index in [2.05, 4.69) is 60.6 Å². The number of Topliss-reactive ketones (excluding diaryl/α,β-unsaturated/α-hetero) is 1. The molecule has 0 heterocycles. The molecule has 0 aliphatic heterocycles. The summed E-state index contributed by atoms with van der Waals surface area (Å²) in [5, 5.41) is 0. The minimum Gasteiger partial charge on any atom is -0.321 e. The molecule has 0 amide bonds. The second-order valence-electron chi connectivity index (χ2n) is 18.5. The second kappa shape index (κ2) is 19.3. The lowest BCUT2D eigenvalue weighted by Gasteiger charge is -2.44. The lowest BCUT2D eigenvalue weighted by Crippen LogP contribution is -2.48. The van der Waals surface area contributed by atoms with E-state index in [0.717, 1.165) is 62.7 Å². The summed E-state index contributed by atoms with van der Waals surface area (Å²) in [7, 11) is 0. The van der Waals surface area contributed by atoms with Crippen molar-refractivity contribution in [2.75, 3.05) is 0 Å². The molecule has 0 bridgehead atoms. The van der Waals surface area contributed by atoms with E-state index in [-0.39, 0.29) is 24.0 Å². The van der Waals surface area contributed by atoms with Gasteiger partial charge in [-0.25, -0.2) is 0 Å². The van der Waals surface area contributed by atoms with E-state index in [1.165, 1.54) is 56.9 Å². The molecular formula is C45H76F3NO. The molecule has 0 aromatic carbocycles. The van der Waals surface area contributed by atoms with Crippen molar-refractivity contribution in [1.82, 2.24) is 0 Å².